The number of benzene rings is 1. The van der Waals surface area contributed by atoms with E-state index in [1.807, 2.05) is 0 Å². The number of aryl methyl sites for hydroxylation is 3. The molecular formula is C17H26N2S2. The van der Waals surface area contributed by atoms with Crippen LogP contribution in [0.25, 0.3) is 0 Å². The Labute approximate surface area is 139 Å². The summed E-state index contributed by atoms with van der Waals surface area (Å²) in [6, 6.07) is 4.79. The summed E-state index contributed by atoms with van der Waals surface area (Å²) in [7, 11) is 0. The van der Waals surface area contributed by atoms with E-state index < -0.39 is 0 Å². The molecule has 0 unspecified atom stereocenters. The van der Waals surface area contributed by atoms with Crippen molar-refractivity contribution in [2.45, 2.75) is 40.0 Å². The van der Waals surface area contributed by atoms with Gasteiger partial charge in [0.15, 0.2) is 0 Å². The highest BCUT2D eigenvalue weighted by molar-refractivity contribution is 8.10. The molecule has 0 aliphatic carbocycles. The highest BCUT2D eigenvalue weighted by Gasteiger charge is 2.21. The molecule has 1 fully saturated rings. The van der Waals surface area contributed by atoms with Gasteiger partial charge in [-0.05, 0) is 36.0 Å². The zero-order valence-corrected chi connectivity index (χ0v) is 15.1. The molecule has 2 nitrogen and oxygen atoms in total. The average Bonchev–Trinajstić information content (AvgIpc) is 2.53. The van der Waals surface area contributed by atoms with Crippen LogP contribution in [0.2, 0.25) is 0 Å². The van der Waals surface area contributed by atoms with Crippen molar-refractivity contribution in [3.8, 4) is 0 Å². The lowest BCUT2D eigenvalue weighted by atomic mass is 9.96. The molecule has 0 spiro atoms. The molecule has 1 aromatic carbocycles. The van der Waals surface area contributed by atoms with Gasteiger partial charge >= 0.3 is 0 Å². The smallest absolute Gasteiger partial charge is 0.133 e. The number of hydrogen-bond donors (Lipinski definition) is 1. The quantitative estimate of drug-likeness (QED) is 0.667. The fourth-order valence-electron chi connectivity index (χ4n) is 3.10. The van der Waals surface area contributed by atoms with E-state index in [0.29, 0.717) is 0 Å². The number of rotatable bonds is 4. The lowest BCUT2D eigenvalue weighted by Gasteiger charge is -2.38. The molecule has 0 amide bonds. The second-order valence-electron chi connectivity index (χ2n) is 5.58. The Bertz CT molecular complexity index is 481. The minimum Gasteiger partial charge on any atom is -0.368 e. The van der Waals surface area contributed by atoms with Crippen LogP contribution in [-0.4, -0.2) is 35.4 Å². The first kappa shape index (κ1) is 16.6. The van der Waals surface area contributed by atoms with Crippen LogP contribution in [0.5, 0.6) is 0 Å². The molecule has 0 aromatic heterocycles. The Kier molecular flexibility index (Phi) is 5.94. The standard InChI is InChI=1S/C17H26N2S2/c1-4-13-11-14(5-2)16(15(6-3)12-13)18-7-9-19(10-8-18)17(20)21/h11-12H,4-10H2,1-3H3,(H,20,21). The molecule has 0 saturated carbocycles. The SMILES string of the molecule is CCc1cc(CC)c(N2CCN(C(=S)S)CC2)c(CC)c1. The maximum Gasteiger partial charge on any atom is 0.133 e. The maximum absolute atomic E-state index is 5.17. The zero-order chi connectivity index (χ0) is 15.4. The van der Waals surface area contributed by atoms with E-state index in [0.717, 1.165) is 49.8 Å². The predicted molar refractivity (Wildman–Crippen MR) is 99.9 cm³/mol. The van der Waals surface area contributed by atoms with E-state index in [1.54, 1.807) is 0 Å². The van der Waals surface area contributed by atoms with Gasteiger partial charge in [0.1, 0.15) is 4.32 Å². The third-order valence-corrected chi connectivity index (χ3v) is 4.91. The van der Waals surface area contributed by atoms with Gasteiger partial charge in [0.2, 0.25) is 0 Å². The monoisotopic (exact) mass is 322 g/mol. The summed E-state index contributed by atoms with van der Waals surface area (Å²) in [5, 5.41) is 0. The molecule has 116 valence electrons. The third kappa shape index (κ3) is 3.72. The van der Waals surface area contributed by atoms with Crippen LogP contribution in [-0.2, 0) is 19.3 Å². The number of thiocarbonyl (C=S) groups is 1. The van der Waals surface area contributed by atoms with Gasteiger partial charge in [0.05, 0.1) is 0 Å². The molecule has 1 heterocycles. The van der Waals surface area contributed by atoms with E-state index in [2.05, 4.69) is 55.3 Å². The second-order valence-corrected chi connectivity index (χ2v) is 6.69. The first-order valence-electron chi connectivity index (χ1n) is 7.98. The van der Waals surface area contributed by atoms with Gasteiger partial charge in [-0.15, -0.1) is 12.6 Å². The van der Waals surface area contributed by atoms with Crippen LogP contribution >= 0.6 is 24.8 Å². The van der Waals surface area contributed by atoms with Crippen molar-refractivity contribution in [2.24, 2.45) is 0 Å². The fraction of sp³-hybridized carbons (Fsp3) is 0.588. The topological polar surface area (TPSA) is 6.48 Å². The van der Waals surface area contributed by atoms with Crippen LogP contribution in [0.3, 0.4) is 0 Å². The van der Waals surface area contributed by atoms with E-state index in [1.165, 1.54) is 22.4 Å². The molecule has 0 N–H and O–H groups in total. The van der Waals surface area contributed by atoms with Crippen LogP contribution in [0.15, 0.2) is 12.1 Å². The molecule has 2 rings (SSSR count). The molecular weight excluding hydrogens is 296 g/mol. The second kappa shape index (κ2) is 7.50. The van der Waals surface area contributed by atoms with E-state index in [9.17, 15) is 0 Å². The Morgan fingerprint density at radius 1 is 1.00 bits per heavy atom. The van der Waals surface area contributed by atoms with Crippen molar-refractivity contribution in [3.63, 3.8) is 0 Å². The fourth-order valence-corrected chi connectivity index (χ4v) is 3.49. The zero-order valence-electron chi connectivity index (χ0n) is 13.4. The lowest BCUT2D eigenvalue weighted by molar-refractivity contribution is 0.397. The van der Waals surface area contributed by atoms with Crippen LogP contribution in [0.1, 0.15) is 37.5 Å². The van der Waals surface area contributed by atoms with Crippen molar-refractivity contribution >= 4 is 34.9 Å². The lowest BCUT2D eigenvalue weighted by Crippen LogP contribution is -2.47. The number of thiol groups is 1. The number of anilines is 1. The Morgan fingerprint density at radius 2 is 1.52 bits per heavy atom. The molecule has 1 aliphatic rings. The van der Waals surface area contributed by atoms with Crippen molar-refractivity contribution in [1.29, 1.82) is 0 Å². The summed E-state index contributed by atoms with van der Waals surface area (Å²) >= 11 is 9.47. The van der Waals surface area contributed by atoms with Crippen molar-refractivity contribution in [3.05, 3.63) is 28.8 Å². The van der Waals surface area contributed by atoms with Gasteiger partial charge in [0, 0.05) is 31.9 Å². The Hall–Kier alpha value is -0.740. The van der Waals surface area contributed by atoms with E-state index in [-0.39, 0.29) is 0 Å². The first-order chi connectivity index (χ1) is 10.1. The number of nitrogens with zero attached hydrogens (tertiary/aromatic N) is 2. The average molecular weight is 323 g/mol. The van der Waals surface area contributed by atoms with Gasteiger partial charge in [-0.2, -0.15) is 0 Å². The highest BCUT2D eigenvalue weighted by atomic mass is 32.1. The molecule has 0 radical (unpaired) electrons. The Morgan fingerprint density at radius 3 is 1.90 bits per heavy atom. The normalized spacial score (nSPS) is 15.4. The van der Waals surface area contributed by atoms with E-state index >= 15 is 0 Å². The van der Waals surface area contributed by atoms with Gasteiger partial charge < -0.3 is 9.80 Å². The predicted octanol–water partition coefficient (Wildman–Crippen LogP) is 3.71. The summed E-state index contributed by atoms with van der Waals surface area (Å²) in [5.41, 5.74) is 5.92. The molecule has 0 bridgehead atoms. The largest absolute Gasteiger partial charge is 0.368 e. The molecule has 1 saturated heterocycles. The molecule has 0 atom stereocenters. The molecule has 21 heavy (non-hydrogen) atoms. The summed E-state index contributed by atoms with van der Waals surface area (Å²) in [4.78, 5) is 4.73. The number of piperazine rings is 1. The first-order valence-corrected chi connectivity index (χ1v) is 8.83. The van der Waals surface area contributed by atoms with Crippen LogP contribution < -0.4 is 4.90 Å². The van der Waals surface area contributed by atoms with Gasteiger partial charge in [-0.1, -0.05) is 45.1 Å². The summed E-state index contributed by atoms with van der Waals surface area (Å²) in [6.45, 7) is 10.8. The molecule has 4 heteroatoms. The molecule has 1 aliphatic heterocycles. The van der Waals surface area contributed by atoms with Crippen LogP contribution in [0.4, 0.5) is 5.69 Å². The minimum absolute atomic E-state index is 0.724. The van der Waals surface area contributed by atoms with E-state index in [4.69, 9.17) is 12.2 Å². The van der Waals surface area contributed by atoms with Crippen molar-refractivity contribution in [2.75, 3.05) is 31.1 Å². The van der Waals surface area contributed by atoms with Crippen LogP contribution in [0, 0.1) is 0 Å². The van der Waals surface area contributed by atoms with Crippen molar-refractivity contribution in [1.82, 2.24) is 4.90 Å². The van der Waals surface area contributed by atoms with Gasteiger partial charge in [-0.25, -0.2) is 0 Å². The summed E-state index contributed by atoms with van der Waals surface area (Å²) in [6.07, 6.45) is 3.31. The van der Waals surface area contributed by atoms with Crippen molar-refractivity contribution < 1.29 is 0 Å². The number of hydrogen-bond acceptors (Lipinski definition) is 2. The van der Waals surface area contributed by atoms with Gasteiger partial charge in [-0.3, -0.25) is 0 Å². The summed E-state index contributed by atoms with van der Waals surface area (Å²) in [5.74, 6) is 0. The maximum atomic E-state index is 5.17. The third-order valence-electron chi connectivity index (χ3n) is 4.36. The molecule has 1 aromatic rings. The van der Waals surface area contributed by atoms with Gasteiger partial charge in [0.25, 0.3) is 0 Å². The Balaban J connectivity index is 2.28. The summed E-state index contributed by atoms with van der Waals surface area (Å²) < 4.78 is 0.724. The highest BCUT2D eigenvalue weighted by Crippen LogP contribution is 2.30. The minimum atomic E-state index is 0.724.